The highest BCUT2D eigenvalue weighted by atomic mass is 16.6. The number of allylic oxidation sites excluding steroid dienone is 6. The zero-order valence-corrected chi connectivity index (χ0v) is 40.7. The monoisotopic (exact) mass is 857 g/mol. The van der Waals surface area contributed by atoms with E-state index in [4.69, 9.17) is 14.2 Å². The fourth-order valence-corrected chi connectivity index (χ4v) is 7.69. The molecule has 0 saturated carbocycles. The van der Waals surface area contributed by atoms with Gasteiger partial charge in [0, 0.05) is 19.3 Å². The number of hydrogen-bond acceptors (Lipinski definition) is 6. The van der Waals surface area contributed by atoms with Crippen molar-refractivity contribution in [3.63, 3.8) is 0 Å². The molecule has 0 amide bonds. The van der Waals surface area contributed by atoms with E-state index in [-0.39, 0.29) is 31.1 Å². The van der Waals surface area contributed by atoms with Gasteiger partial charge in [-0.05, 0) is 51.4 Å². The second-order valence-corrected chi connectivity index (χ2v) is 17.8. The van der Waals surface area contributed by atoms with Crippen molar-refractivity contribution in [1.82, 2.24) is 0 Å². The van der Waals surface area contributed by atoms with E-state index in [2.05, 4.69) is 57.2 Å². The molecule has 0 aliphatic rings. The van der Waals surface area contributed by atoms with Crippen molar-refractivity contribution in [2.75, 3.05) is 13.2 Å². The van der Waals surface area contributed by atoms with Crippen molar-refractivity contribution in [3.8, 4) is 0 Å². The first-order chi connectivity index (χ1) is 30.0. The summed E-state index contributed by atoms with van der Waals surface area (Å²) in [4.78, 5) is 38.0. The molecule has 1 unspecified atom stereocenters. The van der Waals surface area contributed by atoms with Crippen LogP contribution in [0.4, 0.5) is 0 Å². The van der Waals surface area contributed by atoms with Crippen LogP contribution < -0.4 is 0 Å². The predicted octanol–water partition coefficient (Wildman–Crippen LogP) is 17.3. The molecule has 0 aliphatic heterocycles. The Morgan fingerprint density at radius 3 is 1.00 bits per heavy atom. The number of carbonyl (C=O) groups is 3. The Morgan fingerprint density at radius 1 is 0.344 bits per heavy atom. The van der Waals surface area contributed by atoms with Crippen LogP contribution in [0.25, 0.3) is 0 Å². The van der Waals surface area contributed by atoms with E-state index in [1.54, 1.807) is 0 Å². The largest absolute Gasteiger partial charge is 0.462 e. The van der Waals surface area contributed by atoms with Gasteiger partial charge in [0.2, 0.25) is 0 Å². The third-order valence-corrected chi connectivity index (χ3v) is 11.7. The van der Waals surface area contributed by atoms with Crippen LogP contribution >= 0.6 is 0 Å². The van der Waals surface area contributed by atoms with Gasteiger partial charge in [-0.25, -0.2) is 0 Å². The van der Waals surface area contributed by atoms with Crippen LogP contribution in [0.15, 0.2) is 36.5 Å². The average molecular weight is 857 g/mol. The molecule has 6 heteroatoms. The Balaban J connectivity index is 4.37. The standard InChI is InChI=1S/C55H100O6/c1-4-7-10-13-16-19-22-25-28-31-33-36-39-42-45-48-54(57)60-51-52(61-55(58)49-46-43-40-37-34-30-27-24-21-18-15-12-9-6-3)50-59-53(56)47-44-41-38-35-32-29-26-23-20-17-14-11-8-5-2/h9,12,18,21,27,30,52H,4-8,10-11,13-17,19-20,22-26,28-29,31-51H2,1-3H3/b12-9-,21-18-,30-27-. The Morgan fingerprint density at radius 2 is 0.639 bits per heavy atom. The highest BCUT2D eigenvalue weighted by Crippen LogP contribution is 2.16. The lowest BCUT2D eigenvalue weighted by Crippen LogP contribution is -2.30. The summed E-state index contributed by atoms with van der Waals surface area (Å²) in [5.41, 5.74) is 0. The first-order valence-corrected chi connectivity index (χ1v) is 26.5. The average Bonchev–Trinajstić information content (AvgIpc) is 3.26. The van der Waals surface area contributed by atoms with E-state index in [9.17, 15) is 14.4 Å². The molecule has 61 heavy (non-hydrogen) atoms. The lowest BCUT2D eigenvalue weighted by molar-refractivity contribution is -0.167. The minimum atomic E-state index is -0.778. The summed E-state index contributed by atoms with van der Waals surface area (Å²) in [6, 6.07) is 0. The molecule has 0 spiro atoms. The van der Waals surface area contributed by atoms with Crippen molar-refractivity contribution in [3.05, 3.63) is 36.5 Å². The van der Waals surface area contributed by atoms with E-state index in [0.717, 1.165) is 89.9 Å². The predicted molar refractivity (Wildman–Crippen MR) is 261 cm³/mol. The van der Waals surface area contributed by atoms with Gasteiger partial charge in [-0.15, -0.1) is 0 Å². The molecule has 0 fully saturated rings. The summed E-state index contributed by atoms with van der Waals surface area (Å²) in [5.74, 6) is -0.885. The van der Waals surface area contributed by atoms with Gasteiger partial charge in [0.25, 0.3) is 0 Å². The lowest BCUT2D eigenvalue weighted by atomic mass is 10.0. The normalized spacial score (nSPS) is 12.2. The maximum Gasteiger partial charge on any atom is 0.306 e. The molecule has 0 radical (unpaired) electrons. The van der Waals surface area contributed by atoms with Crippen LogP contribution in [0.1, 0.15) is 278 Å². The molecule has 0 N–H and O–H groups in total. The van der Waals surface area contributed by atoms with Crippen LogP contribution in [0.3, 0.4) is 0 Å². The summed E-state index contributed by atoms with van der Waals surface area (Å²) < 4.78 is 16.8. The maximum absolute atomic E-state index is 12.8. The van der Waals surface area contributed by atoms with Crippen molar-refractivity contribution in [1.29, 1.82) is 0 Å². The molecule has 0 aromatic rings. The topological polar surface area (TPSA) is 78.9 Å². The lowest BCUT2D eigenvalue weighted by Gasteiger charge is -2.18. The molecule has 0 rings (SSSR count). The number of carbonyl (C=O) groups excluding carboxylic acids is 3. The van der Waals surface area contributed by atoms with Gasteiger partial charge in [0.15, 0.2) is 6.10 Å². The van der Waals surface area contributed by atoms with E-state index < -0.39 is 6.10 Å². The smallest absolute Gasteiger partial charge is 0.306 e. The third kappa shape index (κ3) is 48.5. The van der Waals surface area contributed by atoms with Crippen LogP contribution in [0.2, 0.25) is 0 Å². The Hall–Kier alpha value is -2.37. The van der Waals surface area contributed by atoms with Gasteiger partial charge >= 0.3 is 17.9 Å². The fraction of sp³-hybridized carbons (Fsp3) is 0.836. The zero-order valence-electron chi connectivity index (χ0n) is 40.7. The van der Waals surface area contributed by atoms with Crippen molar-refractivity contribution < 1.29 is 28.6 Å². The van der Waals surface area contributed by atoms with Gasteiger partial charge in [-0.2, -0.15) is 0 Å². The van der Waals surface area contributed by atoms with E-state index in [1.165, 1.54) is 148 Å². The summed E-state index contributed by atoms with van der Waals surface area (Å²) in [5, 5.41) is 0. The van der Waals surface area contributed by atoms with Crippen LogP contribution in [-0.2, 0) is 28.6 Å². The van der Waals surface area contributed by atoms with E-state index in [1.807, 2.05) is 0 Å². The Kier molecular flexibility index (Phi) is 48.3. The molecule has 0 saturated heterocycles. The minimum absolute atomic E-state index is 0.0770. The molecule has 1 atom stereocenters. The number of esters is 3. The van der Waals surface area contributed by atoms with Gasteiger partial charge < -0.3 is 14.2 Å². The molecule has 0 aromatic carbocycles. The van der Waals surface area contributed by atoms with Gasteiger partial charge in [0.05, 0.1) is 0 Å². The minimum Gasteiger partial charge on any atom is -0.462 e. The van der Waals surface area contributed by atoms with Crippen LogP contribution in [0.5, 0.6) is 0 Å². The maximum atomic E-state index is 12.8. The number of ether oxygens (including phenoxy) is 3. The van der Waals surface area contributed by atoms with Crippen molar-refractivity contribution in [2.45, 2.75) is 284 Å². The molecule has 0 aliphatic carbocycles. The SMILES string of the molecule is CC/C=C\C/C=C\C/C=C\CCCCCCC(=O)OC(COC(=O)CCCCCCCCCCCCCCCC)COC(=O)CCCCCCCCCCCCCCCCC. The second kappa shape index (κ2) is 50.3. The molecular formula is C55H100O6. The Bertz CT molecular complexity index is 1030. The molecule has 356 valence electrons. The zero-order chi connectivity index (χ0) is 44.4. The van der Waals surface area contributed by atoms with E-state index >= 15 is 0 Å². The molecule has 0 bridgehead atoms. The molecule has 6 nitrogen and oxygen atoms in total. The number of rotatable bonds is 48. The quantitative estimate of drug-likeness (QED) is 0.0262. The molecule has 0 heterocycles. The highest BCUT2D eigenvalue weighted by Gasteiger charge is 2.19. The van der Waals surface area contributed by atoms with Gasteiger partial charge in [0.1, 0.15) is 13.2 Å². The van der Waals surface area contributed by atoms with Crippen molar-refractivity contribution in [2.24, 2.45) is 0 Å². The third-order valence-electron chi connectivity index (χ3n) is 11.7. The van der Waals surface area contributed by atoms with Gasteiger partial charge in [-0.3, -0.25) is 14.4 Å². The first-order valence-electron chi connectivity index (χ1n) is 26.5. The van der Waals surface area contributed by atoms with E-state index in [0.29, 0.717) is 19.3 Å². The van der Waals surface area contributed by atoms with Crippen molar-refractivity contribution >= 4 is 17.9 Å². The van der Waals surface area contributed by atoms with Crippen LogP contribution in [0, 0.1) is 0 Å². The van der Waals surface area contributed by atoms with Crippen LogP contribution in [-0.4, -0.2) is 37.2 Å². The fourth-order valence-electron chi connectivity index (χ4n) is 7.69. The highest BCUT2D eigenvalue weighted by molar-refractivity contribution is 5.71. The first kappa shape index (κ1) is 58.6. The number of unbranched alkanes of at least 4 members (excludes halogenated alkanes) is 31. The summed E-state index contributed by atoms with van der Waals surface area (Å²) in [6.45, 7) is 6.54. The summed E-state index contributed by atoms with van der Waals surface area (Å²) >= 11 is 0. The molecular weight excluding hydrogens is 757 g/mol. The summed E-state index contributed by atoms with van der Waals surface area (Å²) in [6.07, 6.45) is 58.4. The second-order valence-electron chi connectivity index (χ2n) is 17.8. The number of hydrogen-bond donors (Lipinski definition) is 0. The Labute approximate surface area is 378 Å². The molecule has 0 aromatic heterocycles. The van der Waals surface area contributed by atoms with Gasteiger partial charge in [-0.1, -0.05) is 243 Å². The summed E-state index contributed by atoms with van der Waals surface area (Å²) in [7, 11) is 0.